The summed E-state index contributed by atoms with van der Waals surface area (Å²) in [6, 6.07) is 10.2. The van der Waals surface area contributed by atoms with E-state index in [9.17, 15) is 0 Å². The molecule has 0 bridgehead atoms. The summed E-state index contributed by atoms with van der Waals surface area (Å²) in [6.07, 6.45) is -0.318. The van der Waals surface area contributed by atoms with Crippen molar-refractivity contribution in [2.75, 3.05) is 13.2 Å². The standard InChI is InChI=1S/C16H23N3O2S/c1-4-20-14(21-5-2)11-19-15(17-18-16(19)22)12(3)13-9-7-6-8-10-13/h6-10,12,14H,4-5,11H2,1-3H3,(H,18,22). The van der Waals surface area contributed by atoms with Gasteiger partial charge in [0, 0.05) is 19.1 Å². The van der Waals surface area contributed by atoms with Crippen LogP contribution < -0.4 is 0 Å². The average Bonchev–Trinajstić information content (AvgIpc) is 2.89. The average molecular weight is 321 g/mol. The lowest BCUT2D eigenvalue weighted by molar-refractivity contribution is -0.144. The second-order valence-electron chi connectivity index (χ2n) is 4.97. The first-order chi connectivity index (χ1) is 10.7. The van der Waals surface area contributed by atoms with Crippen LogP contribution in [0.3, 0.4) is 0 Å². The Hall–Kier alpha value is -1.50. The largest absolute Gasteiger partial charge is 0.351 e. The molecular weight excluding hydrogens is 298 g/mol. The smallest absolute Gasteiger partial charge is 0.195 e. The van der Waals surface area contributed by atoms with Crippen LogP contribution in [0.1, 0.15) is 38.1 Å². The van der Waals surface area contributed by atoms with Crippen LogP contribution in [-0.4, -0.2) is 34.3 Å². The van der Waals surface area contributed by atoms with Crippen LogP contribution in [0.2, 0.25) is 0 Å². The predicted octanol–water partition coefficient (Wildman–Crippen LogP) is 3.49. The maximum absolute atomic E-state index is 5.62. The number of aromatic nitrogens is 3. The molecular formula is C16H23N3O2S. The van der Waals surface area contributed by atoms with Crippen molar-refractivity contribution in [3.63, 3.8) is 0 Å². The Labute approximate surface area is 136 Å². The van der Waals surface area contributed by atoms with Gasteiger partial charge in [-0.15, -0.1) is 0 Å². The second-order valence-corrected chi connectivity index (χ2v) is 5.36. The molecule has 0 aliphatic carbocycles. The number of benzene rings is 1. The lowest BCUT2D eigenvalue weighted by atomic mass is 10.0. The molecule has 5 nitrogen and oxygen atoms in total. The molecule has 2 aromatic rings. The molecule has 0 saturated carbocycles. The number of aromatic amines is 1. The molecule has 1 N–H and O–H groups in total. The Bertz CT molecular complexity index is 618. The third kappa shape index (κ3) is 4.03. The van der Waals surface area contributed by atoms with E-state index in [1.54, 1.807) is 0 Å². The van der Waals surface area contributed by atoms with Crippen LogP contribution in [-0.2, 0) is 16.0 Å². The van der Waals surface area contributed by atoms with E-state index in [0.717, 1.165) is 5.82 Å². The molecule has 0 saturated heterocycles. The fourth-order valence-corrected chi connectivity index (χ4v) is 2.62. The van der Waals surface area contributed by atoms with E-state index >= 15 is 0 Å². The molecule has 0 aliphatic heterocycles. The minimum atomic E-state index is -0.318. The van der Waals surface area contributed by atoms with Crippen molar-refractivity contribution >= 4 is 12.2 Å². The molecule has 1 atom stereocenters. The molecule has 0 fully saturated rings. The van der Waals surface area contributed by atoms with Gasteiger partial charge in [-0.3, -0.25) is 9.67 Å². The van der Waals surface area contributed by atoms with E-state index in [0.29, 0.717) is 24.5 Å². The maximum Gasteiger partial charge on any atom is 0.195 e. The van der Waals surface area contributed by atoms with Gasteiger partial charge in [0.05, 0.1) is 6.54 Å². The lowest BCUT2D eigenvalue weighted by Crippen LogP contribution is -2.25. The van der Waals surface area contributed by atoms with Crippen molar-refractivity contribution in [2.45, 2.75) is 39.5 Å². The van der Waals surface area contributed by atoms with Crippen LogP contribution in [0.15, 0.2) is 30.3 Å². The highest BCUT2D eigenvalue weighted by atomic mass is 32.1. The number of nitrogens with one attached hydrogen (secondary N) is 1. The summed E-state index contributed by atoms with van der Waals surface area (Å²) in [7, 11) is 0. The molecule has 1 heterocycles. The number of hydrogen-bond acceptors (Lipinski definition) is 4. The third-order valence-electron chi connectivity index (χ3n) is 3.51. The van der Waals surface area contributed by atoms with Crippen molar-refractivity contribution in [2.24, 2.45) is 0 Å². The summed E-state index contributed by atoms with van der Waals surface area (Å²) in [6.45, 7) is 7.75. The topological polar surface area (TPSA) is 52.1 Å². The minimum Gasteiger partial charge on any atom is -0.351 e. The zero-order valence-electron chi connectivity index (χ0n) is 13.3. The van der Waals surface area contributed by atoms with E-state index in [1.165, 1.54) is 5.56 Å². The Morgan fingerprint density at radius 1 is 1.18 bits per heavy atom. The van der Waals surface area contributed by atoms with Crippen LogP contribution >= 0.6 is 12.2 Å². The second kappa shape index (κ2) is 8.22. The number of nitrogens with zero attached hydrogens (tertiary/aromatic N) is 2. The van der Waals surface area contributed by atoms with Crippen molar-refractivity contribution in [3.05, 3.63) is 46.5 Å². The quantitative estimate of drug-likeness (QED) is 0.597. The Morgan fingerprint density at radius 2 is 1.82 bits per heavy atom. The maximum atomic E-state index is 5.62. The minimum absolute atomic E-state index is 0.137. The van der Waals surface area contributed by atoms with Gasteiger partial charge in [0.2, 0.25) is 0 Å². The zero-order valence-corrected chi connectivity index (χ0v) is 14.1. The Kier molecular flexibility index (Phi) is 6.30. The summed E-state index contributed by atoms with van der Waals surface area (Å²) < 4.78 is 13.8. The van der Waals surface area contributed by atoms with E-state index in [1.807, 2.05) is 36.6 Å². The lowest BCUT2D eigenvalue weighted by Gasteiger charge is -2.20. The van der Waals surface area contributed by atoms with Gasteiger partial charge in [-0.2, -0.15) is 5.10 Å². The van der Waals surface area contributed by atoms with Gasteiger partial charge in [-0.05, 0) is 31.6 Å². The molecule has 120 valence electrons. The third-order valence-corrected chi connectivity index (χ3v) is 3.82. The Morgan fingerprint density at radius 3 is 2.41 bits per heavy atom. The highest BCUT2D eigenvalue weighted by molar-refractivity contribution is 7.71. The SMILES string of the molecule is CCOC(Cn1c(C(C)c2ccccc2)n[nH]c1=S)OCC. The summed E-state index contributed by atoms with van der Waals surface area (Å²) >= 11 is 5.36. The predicted molar refractivity (Wildman–Crippen MR) is 88.4 cm³/mol. The van der Waals surface area contributed by atoms with Gasteiger partial charge in [0.1, 0.15) is 5.82 Å². The van der Waals surface area contributed by atoms with Crippen molar-refractivity contribution in [3.8, 4) is 0 Å². The van der Waals surface area contributed by atoms with Gasteiger partial charge in [-0.1, -0.05) is 37.3 Å². The van der Waals surface area contributed by atoms with Crippen LogP contribution in [0, 0.1) is 4.77 Å². The molecule has 6 heteroatoms. The van der Waals surface area contributed by atoms with Gasteiger partial charge in [0.15, 0.2) is 11.1 Å². The van der Waals surface area contributed by atoms with Crippen LogP contribution in [0.5, 0.6) is 0 Å². The molecule has 0 amide bonds. The first kappa shape index (κ1) is 16.9. The summed E-state index contributed by atoms with van der Waals surface area (Å²) in [5.74, 6) is 1.03. The van der Waals surface area contributed by atoms with Gasteiger partial charge >= 0.3 is 0 Å². The molecule has 0 spiro atoms. The highest BCUT2D eigenvalue weighted by Crippen LogP contribution is 2.22. The summed E-state index contributed by atoms with van der Waals surface area (Å²) in [5, 5.41) is 7.28. The van der Waals surface area contributed by atoms with Crippen molar-refractivity contribution < 1.29 is 9.47 Å². The molecule has 1 aromatic carbocycles. The van der Waals surface area contributed by atoms with Crippen LogP contribution in [0.25, 0.3) is 0 Å². The Balaban J connectivity index is 2.25. The van der Waals surface area contributed by atoms with Gasteiger partial charge in [0.25, 0.3) is 0 Å². The summed E-state index contributed by atoms with van der Waals surface area (Å²) in [5.41, 5.74) is 1.20. The zero-order chi connectivity index (χ0) is 15.9. The molecule has 22 heavy (non-hydrogen) atoms. The van der Waals surface area contributed by atoms with E-state index in [2.05, 4.69) is 29.3 Å². The van der Waals surface area contributed by atoms with Crippen molar-refractivity contribution in [1.82, 2.24) is 14.8 Å². The number of rotatable bonds is 8. The van der Waals surface area contributed by atoms with E-state index < -0.39 is 0 Å². The monoisotopic (exact) mass is 321 g/mol. The fraction of sp³-hybridized carbons (Fsp3) is 0.500. The van der Waals surface area contributed by atoms with E-state index in [4.69, 9.17) is 21.7 Å². The number of hydrogen-bond donors (Lipinski definition) is 1. The van der Waals surface area contributed by atoms with E-state index in [-0.39, 0.29) is 12.2 Å². The first-order valence-corrected chi connectivity index (χ1v) is 8.01. The highest BCUT2D eigenvalue weighted by Gasteiger charge is 2.19. The van der Waals surface area contributed by atoms with Gasteiger partial charge in [-0.25, -0.2) is 0 Å². The normalized spacial score (nSPS) is 12.7. The molecule has 0 aliphatic rings. The fourth-order valence-electron chi connectivity index (χ4n) is 2.40. The summed E-state index contributed by atoms with van der Waals surface area (Å²) in [4.78, 5) is 0. The molecule has 1 unspecified atom stereocenters. The number of ether oxygens (including phenoxy) is 2. The van der Waals surface area contributed by atoms with Gasteiger partial charge < -0.3 is 9.47 Å². The molecule has 1 aromatic heterocycles. The molecule has 2 rings (SSSR count). The molecule has 0 radical (unpaired) electrons. The first-order valence-electron chi connectivity index (χ1n) is 7.60. The number of H-pyrrole nitrogens is 1. The van der Waals surface area contributed by atoms with Crippen LogP contribution in [0.4, 0.5) is 0 Å². The van der Waals surface area contributed by atoms with Crippen molar-refractivity contribution in [1.29, 1.82) is 0 Å².